The van der Waals surface area contributed by atoms with Gasteiger partial charge in [0.2, 0.25) is 0 Å². The highest BCUT2D eigenvalue weighted by molar-refractivity contribution is 7.12. The Balaban J connectivity index is 1.58. The second-order valence-corrected chi connectivity index (χ2v) is 8.73. The molecule has 1 unspecified atom stereocenters. The number of carbonyl (C=O) groups is 1. The van der Waals surface area contributed by atoms with Crippen LogP contribution in [0.25, 0.3) is 0 Å². The van der Waals surface area contributed by atoms with Crippen LogP contribution in [-0.4, -0.2) is 21.7 Å². The minimum absolute atomic E-state index is 0.0137. The van der Waals surface area contributed by atoms with Crippen LogP contribution < -0.4 is 10.1 Å². The number of nitrogens with zero attached hydrogens (tertiary/aromatic N) is 2. The van der Waals surface area contributed by atoms with Gasteiger partial charge in [-0.1, -0.05) is 17.7 Å². The number of amides is 1. The maximum atomic E-state index is 12.6. The molecule has 0 radical (unpaired) electrons. The molecular weight excluding hydrogens is 382 g/mol. The summed E-state index contributed by atoms with van der Waals surface area (Å²) in [7, 11) is 0. The first kappa shape index (κ1) is 21.1. The molecule has 0 spiro atoms. The van der Waals surface area contributed by atoms with Crippen LogP contribution in [0.5, 0.6) is 5.75 Å². The molecule has 0 saturated carbocycles. The molecule has 0 fully saturated rings. The average molecular weight is 412 g/mol. The number of aromatic nitrogens is 2. The molecule has 1 amide bonds. The summed E-state index contributed by atoms with van der Waals surface area (Å²) in [6.45, 7) is 13.3. The fourth-order valence-electron chi connectivity index (χ4n) is 3.58. The van der Waals surface area contributed by atoms with E-state index in [0.29, 0.717) is 18.0 Å². The quantitative estimate of drug-likeness (QED) is 0.603. The van der Waals surface area contributed by atoms with E-state index >= 15 is 0 Å². The largest absolute Gasteiger partial charge is 0.488 e. The van der Waals surface area contributed by atoms with Crippen LogP contribution in [0.3, 0.4) is 0 Å². The van der Waals surface area contributed by atoms with E-state index in [2.05, 4.69) is 43.3 Å². The number of ether oxygens (including phenoxy) is 1. The van der Waals surface area contributed by atoms with E-state index in [1.165, 1.54) is 16.9 Å². The average Bonchev–Trinajstić information content (AvgIpc) is 3.20. The number of rotatable bonds is 7. The minimum Gasteiger partial charge on any atom is -0.488 e. The summed E-state index contributed by atoms with van der Waals surface area (Å²) < 4.78 is 7.97. The number of benzene rings is 1. The van der Waals surface area contributed by atoms with E-state index in [0.717, 1.165) is 33.8 Å². The van der Waals surface area contributed by atoms with Crippen LogP contribution in [0.2, 0.25) is 0 Å². The predicted molar refractivity (Wildman–Crippen MR) is 118 cm³/mol. The Morgan fingerprint density at radius 3 is 2.45 bits per heavy atom. The topological polar surface area (TPSA) is 56.1 Å². The molecule has 29 heavy (non-hydrogen) atoms. The van der Waals surface area contributed by atoms with Gasteiger partial charge >= 0.3 is 0 Å². The second kappa shape index (κ2) is 8.82. The van der Waals surface area contributed by atoms with E-state index in [9.17, 15) is 4.79 Å². The van der Waals surface area contributed by atoms with Gasteiger partial charge in [-0.3, -0.25) is 9.48 Å². The summed E-state index contributed by atoms with van der Waals surface area (Å²) in [5.74, 6) is 0.865. The minimum atomic E-state index is -0.0574. The maximum Gasteiger partial charge on any atom is 0.261 e. The molecule has 2 heterocycles. The molecule has 0 aliphatic heterocycles. The maximum absolute atomic E-state index is 12.6. The van der Waals surface area contributed by atoms with Crippen LogP contribution in [0.1, 0.15) is 50.2 Å². The monoisotopic (exact) mass is 411 g/mol. The molecule has 0 saturated heterocycles. The van der Waals surface area contributed by atoms with Crippen molar-refractivity contribution in [3.05, 3.63) is 68.2 Å². The van der Waals surface area contributed by atoms with Gasteiger partial charge in [-0.2, -0.15) is 5.10 Å². The highest BCUT2D eigenvalue weighted by Crippen LogP contribution is 2.26. The van der Waals surface area contributed by atoms with Crippen molar-refractivity contribution in [3.63, 3.8) is 0 Å². The Morgan fingerprint density at radius 2 is 1.83 bits per heavy atom. The third-order valence-corrected chi connectivity index (χ3v) is 5.77. The number of aryl methyl sites for hydroxylation is 5. The lowest BCUT2D eigenvalue weighted by molar-refractivity contribution is 0.0940. The van der Waals surface area contributed by atoms with Crippen LogP contribution >= 0.6 is 11.3 Å². The summed E-state index contributed by atoms with van der Waals surface area (Å²) in [6.07, 6.45) is 0. The van der Waals surface area contributed by atoms with E-state index in [1.54, 1.807) is 0 Å². The van der Waals surface area contributed by atoms with Crippen molar-refractivity contribution < 1.29 is 9.53 Å². The van der Waals surface area contributed by atoms with Gasteiger partial charge < -0.3 is 10.1 Å². The molecule has 0 aliphatic carbocycles. The molecule has 6 heteroatoms. The normalized spacial score (nSPS) is 12.1. The third kappa shape index (κ3) is 5.26. The molecule has 3 aromatic rings. The van der Waals surface area contributed by atoms with Gasteiger partial charge in [0.1, 0.15) is 12.4 Å². The standard InChI is InChI=1S/C23H29N3O2S/c1-14-7-15(2)22(16(3)8-14)28-12-20-10-21(29-13-20)23(27)24-18(5)11-26-19(6)9-17(4)25-26/h7-10,13,18H,11-12H2,1-6H3,(H,24,27). The highest BCUT2D eigenvalue weighted by atomic mass is 32.1. The number of hydrogen-bond donors (Lipinski definition) is 1. The van der Waals surface area contributed by atoms with Crippen LogP contribution in [0.4, 0.5) is 0 Å². The number of nitrogens with one attached hydrogen (secondary N) is 1. The Labute approximate surface area is 176 Å². The van der Waals surface area contributed by atoms with Crippen LogP contribution in [-0.2, 0) is 13.2 Å². The van der Waals surface area contributed by atoms with Crippen molar-refractivity contribution in [2.45, 2.75) is 60.7 Å². The number of carbonyl (C=O) groups excluding carboxylic acids is 1. The van der Waals surface area contributed by atoms with Crippen molar-refractivity contribution >= 4 is 17.2 Å². The van der Waals surface area contributed by atoms with Crippen LogP contribution in [0.15, 0.2) is 29.6 Å². The zero-order chi connectivity index (χ0) is 21.1. The first-order valence-electron chi connectivity index (χ1n) is 9.83. The van der Waals surface area contributed by atoms with E-state index in [4.69, 9.17) is 4.74 Å². The Kier molecular flexibility index (Phi) is 6.42. The van der Waals surface area contributed by atoms with Crippen molar-refractivity contribution in [2.75, 3.05) is 0 Å². The number of thiophene rings is 1. The number of hydrogen-bond acceptors (Lipinski definition) is 4. The molecule has 0 bridgehead atoms. The van der Waals surface area contributed by atoms with Gasteiger partial charge in [0, 0.05) is 17.3 Å². The summed E-state index contributed by atoms with van der Waals surface area (Å²) in [5, 5.41) is 9.51. The highest BCUT2D eigenvalue weighted by Gasteiger charge is 2.14. The molecule has 0 aliphatic rings. The summed E-state index contributed by atoms with van der Waals surface area (Å²) in [6, 6.07) is 8.19. The molecule has 3 rings (SSSR count). The molecule has 1 atom stereocenters. The van der Waals surface area contributed by atoms with Gasteiger partial charge in [-0.05, 0) is 70.2 Å². The predicted octanol–water partition coefficient (Wildman–Crippen LogP) is 4.88. The molecular formula is C23H29N3O2S. The van der Waals surface area contributed by atoms with Gasteiger partial charge in [0.15, 0.2) is 0 Å². The smallest absolute Gasteiger partial charge is 0.261 e. The first-order chi connectivity index (χ1) is 13.7. The van der Waals surface area contributed by atoms with Crippen LogP contribution in [0, 0.1) is 34.6 Å². The van der Waals surface area contributed by atoms with Crippen molar-refractivity contribution in [1.29, 1.82) is 0 Å². The second-order valence-electron chi connectivity index (χ2n) is 7.82. The summed E-state index contributed by atoms with van der Waals surface area (Å²) >= 11 is 1.44. The molecule has 1 N–H and O–H groups in total. The van der Waals surface area contributed by atoms with E-state index < -0.39 is 0 Å². The molecule has 1 aromatic carbocycles. The fourth-order valence-corrected chi connectivity index (χ4v) is 4.38. The van der Waals surface area contributed by atoms with E-state index in [-0.39, 0.29) is 11.9 Å². The molecule has 154 valence electrons. The van der Waals surface area contributed by atoms with Crippen molar-refractivity contribution in [3.8, 4) is 5.75 Å². The van der Waals surface area contributed by atoms with E-state index in [1.807, 2.05) is 43.0 Å². The first-order valence-corrected chi connectivity index (χ1v) is 10.7. The van der Waals surface area contributed by atoms with Gasteiger partial charge in [0.05, 0.1) is 17.1 Å². The lowest BCUT2D eigenvalue weighted by Crippen LogP contribution is -2.35. The summed E-state index contributed by atoms with van der Waals surface area (Å²) in [4.78, 5) is 13.3. The molecule has 2 aromatic heterocycles. The Hall–Kier alpha value is -2.60. The van der Waals surface area contributed by atoms with Crippen molar-refractivity contribution in [2.24, 2.45) is 0 Å². The SMILES string of the molecule is Cc1cc(C)c(OCc2csc(C(=O)NC(C)Cn3nc(C)cc3C)c2)c(C)c1. The summed E-state index contributed by atoms with van der Waals surface area (Å²) in [5.41, 5.74) is 6.59. The fraction of sp³-hybridized carbons (Fsp3) is 0.391. The van der Waals surface area contributed by atoms with Gasteiger partial charge in [0.25, 0.3) is 5.91 Å². The zero-order valence-electron chi connectivity index (χ0n) is 18.0. The zero-order valence-corrected chi connectivity index (χ0v) is 18.8. The van der Waals surface area contributed by atoms with Gasteiger partial charge in [-0.15, -0.1) is 11.3 Å². The Bertz CT molecular complexity index is 996. The lowest BCUT2D eigenvalue weighted by atomic mass is 10.1. The third-order valence-electron chi connectivity index (χ3n) is 4.79. The molecule has 5 nitrogen and oxygen atoms in total. The van der Waals surface area contributed by atoms with Gasteiger partial charge in [-0.25, -0.2) is 0 Å². The Morgan fingerprint density at radius 1 is 1.14 bits per heavy atom. The van der Waals surface area contributed by atoms with Crippen molar-refractivity contribution in [1.82, 2.24) is 15.1 Å². The lowest BCUT2D eigenvalue weighted by Gasteiger charge is -2.14.